The number of rotatable bonds is 6. The van der Waals surface area contributed by atoms with Crippen molar-refractivity contribution in [3.8, 4) is 0 Å². The molecule has 3 aromatic rings. The molecule has 9 heteroatoms. The van der Waals surface area contributed by atoms with Crippen molar-refractivity contribution in [2.75, 3.05) is 0 Å². The van der Waals surface area contributed by atoms with Gasteiger partial charge in [0.15, 0.2) is 0 Å². The Morgan fingerprint density at radius 3 is 2.59 bits per heavy atom. The molecule has 27 heavy (non-hydrogen) atoms. The van der Waals surface area contributed by atoms with E-state index in [1.807, 2.05) is 13.0 Å². The van der Waals surface area contributed by atoms with Crippen LogP contribution in [0.3, 0.4) is 0 Å². The number of aromatic nitrogens is 2. The maximum absolute atomic E-state index is 12.9. The Morgan fingerprint density at radius 1 is 1.15 bits per heavy atom. The van der Waals surface area contributed by atoms with Gasteiger partial charge in [-0.25, -0.2) is 12.8 Å². The van der Waals surface area contributed by atoms with Crippen molar-refractivity contribution >= 4 is 15.7 Å². The Morgan fingerprint density at radius 2 is 1.89 bits per heavy atom. The van der Waals surface area contributed by atoms with E-state index in [4.69, 9.17) is 4.42 Å². The van der Waals surface area contributed by atoms with Gasteiger partial charge >= 0.3 is 5.22 Å². The highest BCUT2D eigenvalue weighted by atomic mass is 32.2. The van der Waals surface area contributed by atoms with Crippen molar-refractivity contribution < 1.29 is 22.0 Å². The van der Waals surface area contributed by atoms with Crippen molar-refractivity contribution in [3.63, 3.8) is 0 Å². The Balaban J connectivity index is 1.65. The van der Waals surface area contributed by atoms with Gasteiger partial charge in [-0.15, -0.1) is 5.10 Å². The Bertz CT molecular complexity index is 1060. The van der Waals surface area contributed by atoms with Crippen molar-refractivity contribution in [2.24, 2.45) is 0 Å². The SMILES string of the molecule is Cc1cccc(C(=O)NCc2nnc(S(=O)(=O)Cc3ccc(F)cc3)o2)c1. The largest absolute Gasteiger partial charge is 0.411 e. The molecule has 0 aliphatic rings. The second-order valence-electron chi connectivity index (χ2n) is 5.90. The first-order chi connectivity index (χ1) is 12.8. The van der Waals surface area contributed by atoms with Gasteiger partial charge < -0.3 is 9.73 Å². The zero-order valence-electron chi connectivity index (χ0n) is 14.3. The molecule has 1 aromatic heterocycles. The molecule has 3 rings (SSSR count). The Kier molecular flexibility index (Phi) is 5.31. The Hall–Kier alpha value is -3.07. The van der Waals surface area contributed by atoms with Crippen LogP contribution in [-0.4, -0.2) is 24.5 Å². The second-order valence-corrected chi connectivity index (χ2v) is 7.77. The molecule has 7 nitrogen and oxygen atoms in total. The standard InChI is InChI=1S/C18H16FN3O4S/c1-12-3-2-4-14(9-12)17(23)20-10-16-21-22-18(26-16)27(24,25)11-13-5-7-15(19)8-6-13/h2-9H,10-11H2,1H3,(H,20,23). The van der Waals surface area contributed by atoms with Crippen molar-refractivity contribution in [3.05, 3.63) is 76.9 Å². The molecular weight excluding hydrogens is 373 g/mol. The second kappa shape index (κ2) is 7.67. The summed E-state index contributed by atoms with van der Waals surface area (Å²) in [5.74, 6) is -1.23. The highest BCUT2D eigenvalue weighted by Crippen LogP contribution is 2.16. The topological polar surface area (TPSA) is 102 Å². The van der Waals surface area contributed by atoms with E-state index < -0.39 is 26.6 Å². The predicted octanol–water partition coefficient (Wildman–Crippen LogP) is 2.42. The predicted molar refractivity (Wildman–Crippen MR) is 93.9 cm³/mol. The van der Waals surface area contributed by atoms with Crippen LogP contribution < -0.4 is 5.32 Å². The number of amides is 1. The quantitative estimate of drug-likeness (QED) is 0.695. The molecule has 0 saturated carbocycles. The van der Waals surface area contributed by atoms with Gasteiger partial charge in [0.05, 0.1) is 12.3 Å². The summed E-state index contributed by atoms with van der Waals surface area (Å²) in [4.78, 5) is 12.1. The van der Waals surface area contributed by atoms with Crippen molar-refractivity contribution in [1.82, 2.24) is 15.5 Å². The third-order valence-corrected chi connectivity index (χ3v) is 5.08. The van der Waals surface area contributed by atoms with E-state index in [9.17, 15) is 17.6 Å². The molecule has 0 radical (unpaired) electrons. The molecule has 1 heterocycles. The molecule has 0 saturated heterocycles. The molecule has 0 aliphatic carbocycles. The number of halogens is 1. The van der Waals surface area contributed by atoms with Crippen LogP contribution in [0.25, 0.3) is 0 Å². The van der Waals surface area contributed by atoms with Gasteiger partial charge in [0, 0.05) is 5.56 Å². The van der Waals surface area contributed by atoms with Crippen LogP contribution in [0, 0.1) is 12.7 Å². The van der Waals surface area contributed by atoms with Crippen LogP contribution in [0.5, 0.6) is 0 Å². The fourth-order valence-corrected chi connectivity index (χ4v) is 3.48. The summed E-state index contributed by atoms with van der Waals surface area (Å²) in [7, 11) is -3.88. The lowest BCUT2D eigenvalue weighted by atomic mass is 10.1. The molecule has 140 valence electrons. The van der Waals surface area contributed by atoms with Crippen LogP contribution in [0.4, 0.5) is 4.39 Å². The van der Waals surface area contributed by atoms with Crippen molar-refractivity contribution in [2.45, 2.75) is 24.4 Å². The van der Waals surface area contributed by atoms with Gasteiger partial charge in [-0.1, -0.05) is 34.9 Å². The van der Waals surface area contributed by atoms with E-state index >= 15 is 0 Å². The smallest absolute Gasteiger partial charge is 0.335 e. The molecule has 0 aliphatic heterocycles. The molecule has 1 N–H and O–H groups in total. The normalized spacial score (nSPS) is 11.3. The third-order valence-electron chi connectivity index (χ3n) is 3.66. The summed E-state index contributed by atoms with van der Waals surface area (Å²) in [5, 5.41) is 9.23. The average Bonchev–Trinajstić information content (AvgIpc) is 3.11. The highest BCUT2D eigenvalue weighted by Gasteiger charge is 2.23. The van der Waals surface area contributed by atoms with E-state index in [0.717, 1.165) is 5.56 Å². The average molecular weight is 389 g/mol. The summed E-state index contributed by atoms with van der Waals surface area (Å²) in [6.45, 7) is 1.76. The highest BCUT2D eigenvalue weighted by molar-refractivity contribution is 7.90. The molecule has 1 amide bonds. The van der Waals surface area contributed by atoms with E-state index in [1.165, 1.54) is 24.3 Å². The fourth-order valence-electron chi connectivity index (χ4n) is 2.34. The first-order valence-electron chi connectivity index (χ1n) is 7.98. The molecule has 0 fully saturated rings. The maximum Gasteiger partial charge on any atom is 0.335 e. The monoisotopic (exact) mass is 389 g/mol. The Labute approximate surface area is 155 Å². The number of aryl methyl sites for hydroxylation is 1. The van der Waals surface area contributed by atoms with Gasteiger partial charge in [0.1, 0.15) is 5.82 Å². The number of carbonyl (C=O) groups is 1. The third kappa shape index (κ3) is 4.76. The van der Waals surface area contributed by atoms with Crippen LogP contribution in [-0.2, 0) is 22.1 Å². The van der Waals surface area contributed by atoms with E-state index in [-0.39, 0.29) is 18.3 Å². The minimum absolute atomic E-state index is 0.0336. The molecule has 0 unspecified atom stereocenters. The van der Waals surface area contributed by atoms with E-state index in [1.54, 1.807) is 18.2 Å². The number of nitrogens with zero attached hydrogens (tertiary/aromatic N) is 2. The fraction of sp³-hybridized carbons (Fsp3) is 0.167. The van der Waals surface area contributed by atoms with Crippen LogP contribution in [0.1, 0.15) is 27.4 Å². The number of hydrogen-bond acceptors (Lipinski definition) is 6. The molecule has 2 aromatic carbocycles. The first kappa shape index (κ1) is 18.7. The van der Waals surface area contributed by atoms with Crippen molar-refractivity contribution in [1.29, 1.82) is 0 Å². The van der Waals surface area contributed by atoms with Gasteiger partial charge in [-0.2, -0.15) is 0 Å². The van der Waals surface area contributed by atoms with E-state index in [0.29, 0.717) is 11.1 Å². The van der Waals surface area contributed by atoms with Gasteiger partial charge in [-0.3, -0.25) is 4.79 Å². The number of nitrogens with one attached hydrogen (secondary N) is 1. The first-order valence-corrected chi connectivity index (χ1v) is 9.63. The summed E-state index contributed by atoms with van der Waals surface area (Å²) in [6.07, 6.45) is 0. The molecular formula is C18H16FN3O4S. The summed E-state index contributed by atoms with van der Waals surface area (Å²) in [5.41, 5.74) is 1.80. The summed E-state index contributed by atoms with van der Waals surface area (Å²) >= 11 is 0. The zero-order chi connectivity index (χ0) is 19.4. The summed E-state index contributed by atoms with van der Waals surface area (Å²) in [6, 6.07) is 12.1. The number of hydrogen-bond donors (Lipinski definition) is 1. The van der Waals surface area contributed by atoms with Crippen LogP contribution in [0.2, 0.25) is 0 Å². The van der Waals surface area contributed by atoms with Crippen LogP contribution in [0.15, 0.2) is 58.2 Å². The summed E-state index contributed by atoms with van der Waals surface area (Å²) < 4.78 is 42.7. The van der Waals surface area contributed by atoms with Gasteiger partial charge in [0.25, 0.3) is 5.91 Å². The lowest BCUT2D eigenvalue weighted by Crippen LogP contribution is -2.23. The minimum Gasteiger partial charge on any atom is -0.411 e. The molecule has 0 atom stereocenters. The lowest BCUT2D eigenvalue weighted by Gasteiger charge is -2.03. The number of benzene rings is 2. The molecule has 0 bridgehead atoms. The minimum atomic E-state index is -3.88. The number of carbonyl (C=O) groups excluding carboxylic acids is 1. The maximum atomic E-state index is 12.9. The zero-order valence-corrected chi connectivity index (χ0v) is 15.2. The van der Waals surface area contributed by atoms with Gasteiger partial charge in [-0.05, 0) is 36.8 Å². The number of sulfone groups is 1. The van der Waals surface area contributed by atoms with Gasteiger partial charge in [0.2, 0.25) is 15.7 Å². The van der Waals surface area contributed by atoms with Crippen LogP contribution >= 0.6 is 0 Å². The molecule has 0 spiro atoms. The lowest BCUT2D eigenvalue weighted by molar-refractivity contribution is 0.0946. The van der Waals surface area contributed by atoms with E-state index in [2.05, 4.69) is 15.5 Å².